The lowest BCUT2D eigenvalue weighted by atomic mass is 9.83. The van der Waals surface area contributed by atoms with Gasteiger partial charge in [-0.1, -0.05) is 31.2 Å². The number of benzene rings is 2. The van der Waals surface area contributed by atoms with Gasteiger partial charge in [0.15, 0.2) is 11.5 Å². The summed E-state index contributed by atoms with van der Waals surface area (Å²) in [7, 11) is 0. The summed E-state index contributed by atoms with van der Waals surface area (Å²) in [6.07, 6.45) is 2.91. The molecule has 0 saturated carbocycles. The summed E-state index contributed by atoms with van der Waals surface area (Å²) in [6.45, 7) is 6.44. The van der Waals surface area contributed by atoms with Crippen molar-refractivity contribution in [2.45, 2.75) is 57.3 Å². The van der Waals surface area contributed by atoms with E-state index in [1.165, 1.54) is 0 Å². The smallest absolute Gasteiger partial charge is 0.242 e. The van der Waals surface area contributed by atoms with E-state index in [0.717, 1.165) is 37.0 Å². The number of nitrogens with zero attached hydrogens (tertiary/aromatic N) is 1. The van der Waals surface area contributed by atoms with Crippen LogP contribution in [0.2, 0.25) is 0 Å². The highest BCUT2D eigenvalue weighted by Crippen LogP contribution is 2.49. The van der Waals surface area contributed by atoms with E-state index in [-0.39, 0.29) is 35.8 Å². The number of aromatic hydroxyl groups is 1. The largest absolute Gasteiger partial charge is 0.508 e. The molecule has 3 aliphatic rings. The molecule has 8 heteroatoms. The van der Waals surface area contributed by atoms with E-state index in [9.17, 15) is 9.90 Å². The van der Waals surface area contributed by atoms with Gasteiger partial charge >= 0.3 is 0 Å². The van der Waals surface area contributed by atoms with Gasteiger partial charge in [0, 0.05) is 24.6 Å². The second-order valence-electron chi connectivity index (χ2n) is 9.44. The van der Waals surface area contributed by atoms with Gasteiger partial charge in [-0.2, -0.15) is 0 Å². The van der Waals surface area contributed by atoms with E-state index >= 15 is 0 Å². The van der Waals surface area contributed by atoms with Gasteiger partial charge in [-0.25, -0.2) is 10.9 Å². The van der Waals surface area contributed by atoms with E-state index < -0.39 is 6.04 Å². The first-order chi connectivity index (χ1) is 17.1. The van der Waals surface area contributed by atoms with Crippen molar-refractivity contribution in [3.63, 3.8) is 0 Å². The number of nitrogens with one attached hydrogen (secondary N) is 2. The van der Waals surface area contributed by atoms with Gasteiger partial charge in [-0.15, -0.1) is 0 Å². The number of likely N-dealkylation sites (tertiary alicyclic amines) is 1. The number of carbonyl (C=O) groups is 1. The molecule has 1 amide bonds. The molecule has 0 spiro atoms. The summed E-state index contributed by atoms with van der Waals surface area (Å²) in [4.78, 5) is 15.7. The average Bonchev–Trinajstić information content (AvgIpc) is 3.59. The third-order valence-corrected chi connectivity index (χ3v) is 7.18. The Morgan fingerprint density at radius 2 is 1.91 bits per heavy atom. The molecular weight excluding hydrogens is 446 g/mol. The zero-order chi connectivity index (χ0) is 24.4. The molecule has 3 saturated heterocycles. The van der Waals surface area contributed by atoms with Crippen molar-refractivity contribution in [3.8, 4) is 17.2 Å². The maximum absolute atomic E-state index is 13.7. The van der Waals surface area contributed by atoms with Gasteiger partial charge in [0.1, 0.15) is 11.8 Å². The van der Waals surface area contributed by atoms with Crippen LogP contribution in [0.1, 0.15) is 56.3 Å². The lowest BCUT2D eigenvalue weighted by molar-refractivity contribution is -0.132. The summed E-state index contributed by atoms with van der Waals surface area (Å²) < 4.78 is 17.8. The summed E-state index contributed by atoms with van der Waals surface area (Å²) in [5, 5.41) is 10.6. The highest BCUT2D eigenvalue weighted by atomic mass is 16.5. The molecule has 0 radical (unpaired) electrons. The molecule has 5 atom stereocenters. The maximum Gasteiger partial charge on any atom is 0.242 e. The first-order valence-corrected chi connectivity index (χ1v) is 12.7. The van der Waals surface area contributed by atoms with Crippen LogP contribution in [0.25, 0.3) is 0 Å². The Balaban J connectivity index is 1.55. The van der Waals surface area contributed by atoms with Crippen LogP contribution in [0.3, 0.4) is 0 Å². The van der Waals surface area contributed by atoms with Gasteiger partial charge in [0.05, 0.1) is 31.4 Å². The van der Waals surface area contributed by atoms with E-state index in [1.807, 2.05) is 48.2 Å². The lowest BCUT2D eigenvalue weighted by Gasteiger charge is -2.33. The van der Waals surface area contributed by atoms with E-state index in [4.69, 9.17) is 14.2 Å². The van der Waals surface area contributed by atoms with Gasteiger partial charge < -0.3 is 24.2 Å². The van der Waals surface area contributed by atoms with E-state index in [2.05, 4.69) is 17.8 Å². The number of hydrazine groups is 1. The van der Waals surface area contributed by atoms with Gasteiger partial charge in [-0.3, -0.25) is 4.79 Å². The molecule has 0 aliphatic carbocycles. The Labute approximate surface area is 206 Å². The summed E-state index contributed by atoms with van der Waals surface area (Å²) >= 11 is 0. The van der Waals surface area contributed by atoms with E-state index in [1.54, 1.807) is 6.07 Å². The van der Waals surface area contributed by atoms with Crippen LogP contribution in [0.5, 0.6) is 17.2 Å². The molecule has 3 aliphatic heterocycles. The van der Waals surface area contributed by atoms with Gasteiger partial charge in [-0.05, 0) is 49.9 Å². The molecule has 3 heterocycles. The number of para-hydroxylation sites is 1. The summed E-state index contributed by atoms with van der Waals surface area (Å²) in [5.74, 6) is 1.53. The van der Waals surface area contributed by atoms with Crippen LogP contribution in [-0.4, -0.2) is 54.4 Å². The minimum atomic E-state index is -0.405. The third-order valence-electron chi connectivity index (χ3n) is 7.18. The number of amides is 1. The van der Waals surface area contributed by atoms with Crippen molar-refractivity contribution in [2.75, 3.05) is 26.4 Å². The summed E-state index contributed by atoms with van der Waals surface area (Å²) in [6, 6.07) is 12.5. The second kappa shape index (κ2) is 10.4. The monoisotopic (exact) mass is 481 g/mol. The number of rotatable bonds is 9. The van der Waals surface area contributed by atoms with Gasteiger partial charge in [0.25, 0.3) is 0 Å². The Morgan fingerprint density at radius 1 is 1.09 bits per heavy atom. The standard InChI is InChI=1S/C27H35N3O5/c1-3-13-35-21-12-11-17(15-22(21)33-4-2)26-23-24(19-9-5-6-10-20(19)31)28-29-25(23)27(32)30(26)16-18-8-7-14-34-18/h5-6,9-12,15,18,23-26,28-29,31H,3-4,7-8,13-14,16H2,1-2H3. The number of phenols is 1. The molecule has 3 N–H and O–H groups in total. The normalized spacial score (nSPS) is 27.9. The molecule has 2 aromatic rings. The zero-order valence-electron chi connectivity index (χ0n) is 20.4. The maximum atomic E-state index is 13.7. The molecule has 5 rings (SSSR count). The highest BCUT2D eigenvalue weighted by molar-refractivity contribution is 5.86. The number of phenolic OH excluding ortho intramolecular Hbond substituents is 1. The molecular formula is C27H35N3O5. The predicted octanol–water partition coefficient (Wildman–Crippen LogP) is 3.48. The number of hydrogen-bond acceptors (Lipinski definition) is 7. The fourth-order valence-corrected chi connectivity index (χ4v) is 5.64. The Bertz CT molecular complexity index is 1040. The van der Waals surface area contributed by atoms with Crippen molar-refractivity contribution in [1.29, 1.82) is 0 Å². The fourth-order valence-electron chi connectivity index (χ4n) is 5.64. The molecule has 2 aromatic carbocycles. The Hall–Kier alpha value is -2.81. The van der Waals surface area contributed by atoms with Crippen molar-refractivity contribution in [2.24, 2.45) is 5.92 Å². The van der Waals surface area contributed by atoms with Crippen molar-refractivity contribution >= 4 is 5.91 Å². The average molecular weight is 482 g/mol. The lowest BCUT2D eigenvalue weighted by Crippen LogP contribution is -2.43. The predicted molar refractivity (Wildman–Crippen MR) is 131 cm³/mol. The van der Waals surface area contributed by atoms with Crippen LogP contribution in [0.15, 0.2) is 42.5 Å². The molecule has 35 heavy (non-hydrogen) atoms. The quantitative estimate of drug-likeness (QED) is 0.505. The number of carbonyl (C=O) groups excluding carboxylic acids is 1. The zero-order valence-corrected chi connectivity index (χ0v) is 20.4. The first kappa shape index (κ1) is 23.9. The van der Waals surface area contributed by atoms with E-state index in [0.29, 0.717) is 31.3 Å². The molecule has 0 bridgehead atoms. The minimum Gasteiger partial charge on any atom is -0.508 e. The van der Waals surface area contributed by atoms with Gasteiger partial charge in [0.2, 0.25) is 5.91 Å². The van der Waals surface area contributed by atoms with Crippen LogP contribution in [0.4, 0.5) is 0 Å². The molecule has 3 fully saturated rings. The van der Waals surface area contributed by atoms with Crippen molar-refractivity contribution in [3.05, 3.63) is 53.6 Å². The molecule has 188 valence electrons. The minimum absolute atomic E-state index is 0.0373. The van der Waals surface area contributed by atoms with Crippen molar-refractivity contribution < 1.29 is 24.1 Å². The number of fused-ring (bicyclic) bond motifs is 1. The van der Waals surface area contributed by atoms with Crippen LogP contribution >= 0.6 is 0 Å². The van der Waals surface area contributed by atoms with Crippen LogP contribution in [0, 0.1) is 5.92 Å². The Kier molecular flexibility index (Phi) is 7.13. The third kappa shape index (κ3) is 4.58. The fraction of sp³-hybridized carbons (Fsp3) is 0.519. The SMILES string of the molecule is CCCOc1ccc(C2C3C(NNC3c3ccccc3O)C(=O)N2CC2CCCO2)cc1OCC. The molecule has 0 aromatic heterocycles. The first-order valence-electron chi connectivity index (χ1n) is 12.7. The molecule has 5 unspecified atom stereocenters. The topological polar surface area (TPSA) is 92.3 Å². The number of hydrogen-bond donors (Lipinski definition) is 3. The summed E-state index contributed by atoms with van der Waals surface area (Å²) in [5.41, 5.74) is 8.29. The van der Waals surface area contributed by atoms with Crippen molar-refractivity contribution in [1.82, 2.24) is 15.8 Å². The second-order valence-corrected chi connectivity index (χ2v) is 9.44. The molecule has 8 nitrogen and oxygen atoms in total. The van der Waals surface area contributed by atoms with Crippen LogP contribution < -0.4 is 20.3 Å². The van der Waals surface area contributed by atoms with Crippen LogP contribution in [-0.2, 0) is 9.53 Å². The Morgan fingerprint density at radius 3 is 2.66 bits per heavy atom. The number of ether oxygens (including phenoxy) is 3. The highest BCUT2D eigenvalue weighted by Gasteiger charge is 2.56.